The van der Waals surface area contributed by atoms with Crippen LogP contribution in [0.5, 0.6) is 0 Å². The fraction of sp³-hybridized carbons (Fsp3) is 0.333. The Balaban J connectivity index is 2.22. The Morgan fingerprint density at radius 2 is 1.81 bits per heavy atom. The standard InChI is InChI=1S/C27H29F3N2O4/c1-4-22(15-19-8-5-10-21(14-19)27(28,29)30)31-16-20-9-6-11-23(24(20)17-34)26(36)32(3)25(18(2)35)12-7-13-33/h4-6,8-11,13-14,17,25,31H,7,12,15-16H2,1-3H3. The van der Waals surface area contributed by atoms with Gasteiger partial charge in [-0.2, -0.15) is 13.2 Å². The van der Waals surface area contributed by atoms with E-state index in [0.717, 1.165) is 12.1 Å². The Hall–Kier alpha value is -3.75. The number of benzene rings is 2. The van der Waals surface area contributed by atoms with Gasteiger partial charge in [0, 0.05) is 37.7 Å². The average Bonchev–Trinajstić information content (AvgIpc) is 2.85. The summed E-state index contributed by atoms with van der Waals surface area (Å²) >= 11 is 0. The number of allylic oxidation sites excluding steroid dienone is 2. The van der Waals surface area contributed by atoms with Crippen LogP contribution in [0.15, 0.2) is 54.2 Å². The molecule has 36 heavy (non-hydrogen) atoms. The maximum absolute atomic E-state index is 13.1. The maximum Gasteiger partial charge on any atom is 0.416 e. The molecule has 0 fully saturated rings. The van der Waals surface area contributed by atoms with E-state index < -0.39 is 23.7 Å². The lowest BCUT2D eigenvalue weighted by molar-refractivity contribution is -0.137. The zero-order chi connectivity index (χ0) is 26.9. The molecule has 1 amide bonds. The van der Waals surface area contributed by atoms with Crippen LogP contribution in [-0.2, 0) is 28.7 Å². The van der Waals surface area contributed by atoms with E-state index >= 15 is 0 Å². The van der Waals surface area contributed by atoms with Crippen LogP contribution < -0.4 is 5.32 Å². The second kappa shape index (κ2) is 12.8. The first-order valence-electron chi connectivity index (χ1n) is 11.4. The Kier molecular flexibility index (Phi) is 10.1. The van der Waals surface area contributed by atoms with Gasteiger partial charge in [0.15, 0.2) is 12.1 Å². The van der Waals surface area contributed by atoms with E-state index in [4.69, 9.17) is 0 Å². The predicted octanol–water partition coefficient (Wildman–Crippen LogP) is 4.76. The normalized spacial score (nSPS) is 12.6. The number of halogens is 3. The lowest BCUT2D eigenvalue weighted by Gasteiger charge is -2.26. The average molecular weight is 503 g/mol. The monoisotopic (exact) mass is 502 g/mol. The van der Waals surface area contributed by atoms with Crippen molar-refractivity contribution in [3.05, 3.63) is 82.1 Å². The van der Waals surface area contributed by atoms with E-state index in [2.05, 4.69) is 5.32 Å². The number of carbonyl (C=O) groups excluding carboxylic acids is 4. The summed E-state index contributed by atoms with van der Waals surface area (Å²) in [6, 6.07) is 9.02. The molecule has 0 bridgehead atoms. The first-order chi connectivity index (χ1) is 17.0. The summed E-state index contributed by atoms with van der Waals surface area (Å²) in [6.45, 7) is 3.23. The highest BCUT2D eigenvalue weighted by Gasteiger charge is 2.30. The lowest BCUT2D eigenvalue weighted by Crippen LogP contribution is -2.42. The predicted molar refractivity (Wildman–Crippen MR) is 129 cm³/mol. The zero-order valence-corrected chi connectivity index (χ0v) is 20.4. The van der Waals surface area contributed by atoms with Gasteiger partial charge in [-0.15, -0.1) is 0 Å². The molecule has 0 aliphatic carbocycles. The van der Waals surface area contributed by atoms with Crippen molar-refractivity contribution < 1.29 is 32.3 Å². The van der Waals surface area contributed by atoms with E-state index in [-0.39, 0.29) is 42.7 Å². The molecule has 0 aliphatic heterocycles. The van der Waals surface area contributed by atoms with Crippen molar-refractivity contribution in [1.29, 1.82) is 0 Å². The third kappa shape index (κ3) is 7.37. The molecule has 1 unspecified atom stereocenters. The van der Waals surface area contributed by atoms with E-state index in [9.17, 15) is 32.3 Å². The fourth-order valence-corrected chi connectivity index (χ4v) is 3.87. The van der Waals surface area contributed by atoms with Crippen LogP contribution in [0.1, 0.15) is 64.1 Å². The Morgan fingerprint density at radius 1 is 1.11 bits per heavy atom. The molecular weight excluding hydrogens is 473 g/mol. The van der Waals surface area contributed by atoms with E-state index in [1.54, 1.807) is 31.2 Å². The van der Waals surface area contributed by atoms with Gasteiger partial charge in [0.25, 0.3) is 5.91 Å². The summed E-state index contributed by atoms with van der Waals surface area (Å²) in [7, 11) is 1.45. The summed E-state index contributed by atoms with van der Waals surface area (Å²) < 4.78 is 39.1. The van der Waals surface area contributed by atoms with Gasteiger partial charge in [-0.25, -0.2) is 0 Å². The minimum absolute atomic E-state index is 0.115. The van der Waals surface area contributed by atoms with Crippen molar-refractivity contribution in [3.8, 4) is 0 Å². The SMILES string of the molecule is CC=C(Cc1cccc(C(F)(F)F)c1)NCc1cccc(C(=O)N(C)C(CCC=O)C(C)=O)c1C=O. The molecule has 0 saturated heterocycles. The van der Waals surface area contributed by atoms with Crippen LogP contribution in [0.2, 0.25) is 0 Å². The molecule has 2 aromatic carbocycles. The van der Waals surface area contributed by atoms with Crippen molar-refractivity contribution in [3.63, 3.8) is 0 Å². The number of likely N-dealkylation sites (N-methyl/N-ethyl adjacent to an activating group) is 1. The number of Topliss-reactive ketones (excluding diaryl/α,β-unsaturated/α-hetero) is 1. The fourth-order valence-electron chi connectivity index (χ4n) is 3.87. The Morgan fingerprint density at radius 3 is 2.39 bits per heavy atom. The highest BCUT2D eigenvalue weighted by atomic mass is 19.4. The number of hydrogen-bond acceptors (Lipinski definition) is 5. The number of rotatable bonds is 12. The van der Waals surface area contributed by atoms with Crippen LogP contribution in [-0.4, -0.2) is 42.3 Å². The van der Waals surface area contributed by atoms with Crippen molar-refractivity contribution in [2.24, 2.45) is 0 Å². The van der Waals surface area contributed by atoms with Gasteiger partial charge in [0.1, 0.15) is 6.29 Å². The molecule has 2 rings (SSSR count). The first-order valence-corrected chi connectivity index (χ1v) is 11.4. The molecule has 1 atom stereocenters. The molecule has 0 spiro atoms. The minimum atomic E-state index is -4.44. The molecule has 0 heterocycles. The molecule has 0 aliphatic rings. The van der Waals surface area contributed by atoms with Crippen LogP contribution >= 0.6 is 0 Å². The molecule has 0 radical (unpaired) electrons. The summed E-state index contributed by atoms with van der Waals surface area (Å²) in [5, 5.41) is 3.13. The summed E-state index contributed by atoms with van der Waals surface area (Å²) in [5.74, 6) is -0.800. The number of nitrogens with one attached hydrogen (secondary N) is 1. The third-order valence-corrected chi connectivity index (χ3v) is 5.86. The minimum Gasteiger partial charge on any atom is -0.384 e. The van der Waals surface area contributed by atoms with Crippen LogP contribution in [0.25, 0.3) is 0 Å². The number of carbonyl (C=O) groups is 4. The number of nitrogens with zero attached hydrogens (tertiary/aromatic N) is 1. The number of ketones is 1. The molecule has 6 nitrogen and oxygen atoms in total. The smallest absolute Gasteiger partial charge is 0.384 e. The number of amides is 1. The van der Waals surface area contributed by atoms with Gasteiger partial charge in [0.05, 0.1) is 17.2 Å². The maximum atomic E-state index is 13.1. The molecule has 0 aromatic heterocycles. The van der Waals surface area contributed by atoms with Crippen LogP contribution in [0.3, 0.4) is 0 Å². The second-order valence-electron chi connectivity index (χ2n) is 8.33. The van der Waals surface area contributed by atoms with Crippen LogP contribution in [0.4, 0.5) is 13.2 Å². The van der Waals surface area contributed by atoms with Crippen molar-refractivity contribution in [2.75, 3.05) is 7.05 Å². The highest BCUT2D eigenvalue weighted by Crippen LogP contribution is 2.30. The molecule has 9 heteroatoms. The van der Waals surface area contributed by atoms with E-state index in [0.29, 0.717) is 29.4 Å². The van der Waals surface area contributed by atoms with E-state index in [1.807, 2.05) is 0 Å². The summed E-state index contributed by atoms with van der Waals surface area (Å²) in [4.78, 5) is 49.1. The lowest BCUT2D eigenvalue weighted by atomic mass is 9.99. The van der Waals surface area contributed by atoms with Gasteiger partial charge < -0.3 is 15.0 Å². The molecule has 0 saturated carbocycles. The zero-order valence-electron chi connectivity index (χ0n) is 20.4. The molecule has 1 N–H and O–H groups in total. The Labute approximate surface area is 208 Å². The number of aldehydes is 2. The summed E-state index contributed by atoms with van der Waals surface area (Å²) in [6.07, 6.45) is -0.955. The van der Waals surface area contributed by atoms with Gasteiger partial charge in [-0.3, -0.25) is 14.4 Å². The number of hydrogen-bond donors (Lipinski definition) is 1. The van der Waals surface area contributed by atoms with E-state index in [1.165, 1.54) is 31.0 Å². The van der Waals surface area contributed by atoms with Crippen LogP contribution in [0, 0.1) is 0 Å². The van der Waals surface area contributed by atoms with Gasteiger partial charge in [0.2, 0.25) is 0 Å². The van der Waals surface area contributed by atoms with Crippen molar-refractivity contribution >= 4 is 24.3 Å². The largest absolute Gasteiger partial charge is 0.416 e. The molecule has 192 valence electrons. The van der Waals surface area contributed by atoms with Crippen molar-refractivity contribution in [2.45, 2.75) is 51.9 Å². The highest BCUT2D eigenvalue weighted by molar-refractivity contribution is 6.03. The topological polar surface area (TPSA) is 83.6 Å². The van der Waals surface area contributed by atoms with Gasteiger partial charge in [-0.1, -0.05) is 36.4 Å². The molecular formula is C27H29F3N2O4. The van der Waals surface area contributed by atoms with Crippen molar-refractivity contribution in [1.82, 2.24) is 10.2 Å². The molecule has 2 aromatic rings. The van der Waals surface area contributed by atoms with Gasteiger partial charge >= 0.3 is 6.18 Å². The summed E-state index contributed by atoms with van der Waals surface area (Å²) in [5.41, 5.74) is 1.16. The second-order valence-corrected chi connectivity index (χ2v) is 8.33. The number of alkyl halides is 3. The first kappa shape index (κ1) is 28.5. The quantitative estimate of drug-likeness (QED) is 0.423. The Bertz CT molecular complexity index is 1140. The van der Waals surface area contributed by atoms with Gasteiger partial charge in [-0.05, 0) is 43.5 Å². The third-order valence-electron chi connectivity index (χ3n) is 5.86.